The summed E-state index contributed by atoms with van der Waals surface area (Å²) >= 11 is 0. The minimum Gasteiger partial charge on any atom is -0.480 e. The van der Waals surface area contributed by atoms with E-state index in [-0.39, 0.29) is 6.15 Å². The Kier molecular flexibility index (Phi) is 12.8. The summed E-state index contributed by atoms with van der Waals surface area (Å²) in [5.74, 6) is -0.768. The number of hydrogen-bond donors (Lipinski definition) is 3. The first-order chi connectivity index (χ1) is 6.68. The van der Waals surface area contributed by atoms with Crippen molar-refractivity contribution >= 4 is 5.97 Å². The highest BCUT2D eigenvalue weighted by Crippen LogP contribution is 2.04. The molecule has 1 atom stereocenters. The molecular weight excluding hydrogens is 192 g/mol. The van der Waals surface area contributed by atoms with Gasteiger partial charge in [0.1, 0.15) is 6.04 Å². The number of carboxylic acid groups (broad SMARTS) is 1. The van der Waals surface area contributed by atoms with Gasteiger partial charge in [0, 0.05) is 0 Å². The van der Waals surface area contributed by atoms with Crippen LogP contribution in [0.4, 0.5) is 0 Å². The fourth-order valence-corrected chi connectivity index (χ4v) is 1.31. The molecule has 0 aliphatic rings. The zero-order valence-corrected chi connectivity index (χ0v) is 10.1. The first-order valence-corrected chi connectivity index (χ1v) is 5.64. The van der Waals surface area contributed by atoms with Crippen LogP contribution in [0.25, 0.3) is 0 Å². The highest BCUT2D eigenvalue weighted by atomic mass is 16.4. The summed E-state index contributed by atoms with van der Waals surface area (Å²) in [7, 11) is 0. The quantitative estimate of drug-likeness (QED) is 0.519. The molecule has 0 radical (unpaired) electrons. The molecule has 0 heterocycles. The Morgan fingerprint density at radius 1 is 1.20 bits per heavy atom. The highest BCUT2D eigenvalue weighted by Gasteiger charge is 2.07. The van der Waals surface area contributed by atoms with E-state index in [9.17, 15) is 4.79 Å². The van der Waals surface area contributed by atoms with Gasteiger partial charge in [-0.1, -0.05) is 39.0 Å². The lowest BCUT2D eigenvalue weighted by molar-refractivity contribution is -0.138. The van der Waals surface area contributed by atoms with Gasteiger partial charge in [0.25, 0.3) is 0 Å². The molecule has 92 valence electrons. The number of unbranched alkanes of at least 4 members (excludes halogenated alkanes) is 5. The SMILES string of the molecule is CCCCCCCCNC(C)C(=O)O.N. The summed E-state index contributed by atoms with van der Waals surface area (Å²) in [6, 6.07) is -0.411. The third kappa shape index (κ3) is 11.3. The number of carboxylic acids is 1. The van der Waals surface area contributed by atoms with Crippen molar-refractivity contribution in [1.82, 2.24) is 11.5 Å². The van der Waals surface area contributed by atoms with Crippen LogP contribution < -0.4 is 11.5 Å². The molecule has 4 nitrogen and oxygen atoms in total. The molecule has 0 bridgehead atoms. The van der Waals surface area contributed by atoms with Crippen LogP contribution in [0.3, 0.4) is 0 Å². The van der Waals surface area contributed by atoms with Gasteiger partial charge >= 0.3 is 5.97 Å². The molecule has 0 fully saturated rings. The van der Waals surface area contributed by atoms with E-state index < -0.39 is 12.0 Å². The Labute approximate surface area is 93.0 Å². The topological polar surface area (TPSA) is 84.3 Å². The maximum atomic E-state index is 10.4. The minimum absolute atomic E-state index is 0. The van der Waals surface area contributed by atoms with Crippen molar-refractivity contribution in [2.24, 2.45) is 0 Å². The lowest BCUT2D eigenvalue weighted by atomic mass is 10.1. The normalized spacial score (nSPS) is 11.9. The van der Waals surface area contributed by atoms with E-state index in [1.165, 1.54) is 32.1 Å². The van der Waals surface area contributed by atoms with E-state index in [0.717, 1.165) is 13.0 Å². The minimum atomic E-state index is -0.768. The Bertz CT molecular complexity index is 152. The van der Waals surface area contributed by atoms with Crippen molar-refractivity contribution in [1.29, 1.82) is 0 Å². The first kappa shape index (κ1) is 16.8. The van der Waals surface area contributed by atoms with E-state index in [4.69, 9.17) is 5.11 Å². The monoisotopic (exact) mass is 218 g/mol. The van der Waals surface area contributed by atoms with Crippen LogP contribution in [0.1, 0.15) is 52.4 Å². The van der Waals surface area contributed by atoms with Gasteiger partial charge < -0.3 is 16.6 Å². The maximum absolute atomic E-state index is 10.4. The van der Waals surface area contributed by atoms with Crippen LogP contribution in [-0.4, -0.2) is 23.7 Å². The summed E-state index contributed by atoms with van der Waals surface area (Å²) < 4.78 is 0. The zero-order chi connectivity index (χ0) is 10.8. The largest absolute Gasteiger partial charge is 0.480 e. The van der Waals surface area contributed by atoms with Gasteiger partial charge in [-0.25, -0.2) is 0 Å². The Morgan fingerprint density at radius 2 is 1.73 bits per heavy atom. The standard InChI is InChI=1S/C11H23NO2.H3N/c1-3-4-5-6-7-8-9-12-10(2)11(13)14;/h10,12H,3-9H2,1-2H3,(H,13,14);1H3. The third-order valence-electron chi connectivity index (χ3n) is 2.35. The summed E-state index contributed by atoms with van der Waals surface area (Å²) in [5.41, 5.74) is 0. The molecule has 0 amide bonds. The van der Waals surface area contributed by atoms with E-state index in [2.05, 4.69) is 12.2 Å². The molecule has 0 rings (SSSR count). The summed E-state index contributed by atoms with van der Waals surface area (Å²) in [4.78, 5) is 10.4. The number of nitrogens with one attached hydrogen (secondary N) is 1. The molecular formula is C11H26N2O2. The van der Waals surface area contributed by atoms with E-state index >= 15 is 0 Å². The molecule has 0 aliphatic carbocycles. The Hall–Kier alpha value is -0.610. The number of carbonyl (C=O) groups is 1. The average Bonchev–Trinajstić information content (AvgIpc) is 2.16. The fraction of sp³-hybridized carbons (Fsp3) is 0.909. The van der Waals surface area contributed by atoms with Crippen LogP contribution in [0.15, 0.2) is 0 Å². The molecule has 0 spiro atoms. The zero-order valence-electron chi connectivity index (χ0n) is 10.1. The molecule has 0 saturated heterocycles. The van der Waals surface area contributed by atoms with Gasteiger partial charge in [0.2, 0.25) is 0 Å². The second-order valence-corrected chi connectivity index (χ2v) is 3.78. The summed E-state index contributed by atoms with van der Waals surface area (Å²) in [6.07, 6.45) is 7.47. The fourth-order valence-electron chi connectivity index (χ4n) is 1.31. The van der Waals surface area contributed by atoms with Crippen molar-refractivity contribution < 1.29 is 9.90 Å². The molecule has 15 heavy (non-hydrogen) atoms. The van der Waals surface area contributed by atoms with Gasteiger partial charge in [0.05, 0.1) is 0 Å². The van der Waals surface area contributed by atoms with Crippen LogP contribution in [0.2, 0.25) is 0 Å². The predicted octanol–water partition coefficient (Wildman–Crippen LogP) is 2.57. The van der Waals surface area contributed by atoms with E-state index in [1.54, 1.807) is 6.92 Å². The number of aliphatic carboxylic acids is 1. The molecule has 0 aromatic heterocycles. The molecule has 0 aromatic carbocycles. The second kappa shape index (κ2) is 11.5. The van der Waals surface area contributed by atoms with Crippen molar-refractivity contribution in [3.05, 3.63) is 0 Å². The van der Waals surface area contributed by atoms with Gasteiger partial charge in [-0.3, -0.25) is 4.79 Å². The van der Waals surface area contributed by atoms with Crippen molar-refractivity contribution in [3.8, 4) is 0 Å². The second-order valence-electron chi connectivity index (χ2n) is 3.78. The van der Waals surface area contributed by atoms with Crippen LogP contribution in [0, 0.1) is 0 Å². The predicted molar refractivity (Wildman–Crippen MR) is 63.5 cm³/mol. The Balaban J connectivity index is 0. The number of hydrogen-bond acceptors (Lipinski definition) is 3. The lowest BCUT2D eigenvalue weighted by Gasteiger charge is -2.08. The number of rotatable bonds is 9. The van der Waals surface area contributed by atoms with Crippen molar-refractivity contribution in [2.45, 2.75) is 58.4 Å². The van der Waals surface area contributed by atoms with Crippen LogP contribution >= 0.6 is 0 Å². The molecule has 5 N–H and O–H groups in total. The third-order valence-corrected chi connectivity index (χ3v) is 2.35. The average molecular weight is 218 g/mol. The van der Waals surface area contributed by atoms with E-state index in [0.29, 0.717) is 0 Å². The van der Waals surface area contributed by atoms with Gasteiger partial charge in [-0.2, -0.15) is 0 Å². The highest BCUT2D eigenvalue weighted by molar-refractivity contribution is 5.72. The van der Waals surface area contributed by atoms with Gasteiger partial charge in [-0.15, -0.1) is 0 Å². The van der Waals surface area contributed by atoms with Crippen LogP contribution in [0.5, 0.6) is 0 Å². The van der Waals surface area contributed by atoms with E-state index in [1.807, 2.05) is 0 Å². The molecule has 4 heteroatoms. The van der Waals surface area contributed by atoms with Gasteiger partial charge in [0.15, 0.2) is 0 Å². The lowest BCUT2D eigenvalue weighted by Crippen LogP contribution is -2.34. The molecule has 0 aromatic rings. The molecule has 0 saturated carbocycles. The van der Waals surface area contributed by atoms with Crippen LogP contribution in [-0.2, 0) is 4.79 Å². The molecule has 0 aliphatic heterocycles. The summed E-state index contributed by atoms with van der Waals surface area (Å²) in [5, 5.41) is 11.6. The smallest absolute Gasteiger partial charge is 0.320 e. The molecule has 1 unspecified atom stereocenters. The van der Waals surface area contributed by atoms with Crippen molar-refractivity contribution in [3.63, 3.8) is 0 Å². The Morgan fingerprint density at radius 3 is 2.27 bits per heavy atom. The summed E-state index contributed by atoms with van der Waals surface area (Å²) in [6.45, 7) is 4.70. The first-order valence-electron chi connectivity index (χ1n) is 5.64. The maximum Gasteiger partial charge on any atom is 0.320 e. The van der Waals surface area contributed by atoms with Crippen molar-refractivity contribution in [2.75, 3.05) is 6.54 Å². The van der Waals surface area contributed by atoms with Gasteiger partial charge in [-0.05, 0) is 19.9 Å².